The highest BCUT2D eigenvalue weighted by molar-refractivity contribution is 7.47. The van der Waals surface area contributed by atoms with Crippen molar-refractivity contribution >= 4 is 13.8 Å². The molecule has 0 aliphatic rings. The van der Waals surface area contributed by atoms with Crippen LogP contribution in [0.5, 0.6) is 0 Å². The molecule has 56 heavy (non-hydrogen) atoms. The molecule has 0 amide bonds. The molecule has 0 rings (SSSR count). The van der Waals surface area contributed by atoms with E-state index in [-0.39, 0.29) is 32.3 Å². The van der Waals surface area contributed by atoms with Gasteiger partial charge in [0.2, 0.25) is 0 Å². The van der Waals surface area contributed by atoms with Gasteiger partial charge in [-0.2, -0.15) is 0 Å². The summed E-state index contributed by atoms with van der Waals surface area (Å²) < 4.78 is 33.5. The first-order valence-corrected chi connectivity index (χ1v) is 25.3. The number of nitrogens with two attached hydrogens (primary N) is 1. The molecule has 332 valence electrons. The molecule has 0 bridgehead atoms. The molecule has 0 aromatic carbocycles. The van der Waals surface area contributed by atoms with E-state index in [2.05, 4.69) is 38.2 Å². The summed E-state index contributed by atoms with van der Waals surface area (Å²) in [5.74, 6) is -0.330. The van der Waals surface area contributed by atoms with Gasteiger partial charge in [0, 0.05) is 19.6 Å². The zero-order valence-corrected chi connectivity index (χ0v) is 37.8. The molecular formula is C47H92NO7P. The first-order chi connectivity index (χ1) is 27.4. The van der Waals surface area contributed by atoms with Crippen LogP contribution >= 0.6 is 7.82 Å². The van der Waals surface area contributed by atoms with Gasteiger partial charge in [-0.05, 0) is 64.2 Å². The normalized spacial score (nSPS) is 13.6. The van der Waals surface area contributed by atoms with Crippen LogP contribution in [0.1, 0.15) is 232 Å². The fourth-order valence-electron chi connectivity index (χ4n) is 6.81. The summed E-state index contributed by atoms with van der Waals surface area (Å²) in [5, 5.41) is 0. The topological polar surface area (TPSA) is 117 Å². The Morgan fingerprint density at radius 2 is 0.893 bits per heavy atom. The number of ether oxygens (including phenoxy) is 2. The van der Waals surface area contributed by atoms with Crippen LogP contribution in [0.4, 0.5) is 0 Å². The summed E-state index contributed by atoms with van der Waals surface area (Å²) in [6, 6.07) is 0. The maximum atomic E-state index is 12.6. The Hall–Kier alpha value is -1.02. The predicted octanol–water partition coefficient (Wildman–Crippen LogP) is 14.4. The average Bonchev–Trinajstić information content (AvgIpc) is 3.19. The van der Waals surface area contributed by atoms with Gasteiger partial charge in [-0.3, -0.25) is 13.8 Å². The molecule has 0 fully saturated rings. The summed E-state index contributed by atoms with van der Waals surface area (Å²) in [7, 11) is -4.28. The molecule has 0 aromatic heterocycles. The average molecular weight is 814 g/mol. The second-order valence-electron chi connectivity index (χ2n) is 16.0. The molecule has 0 heterocycles. The Bertz CT molecular complexity index is 915. The van der Waals surface area contributed by atoms with E-state index in [1.165, 1.54) is 180 Å². The van der Waals surface area contributed by atoms with Gasteiger partial charge in [-0.1, -0.05) is 186 Å². The molecule has 0 aliphatic carbocycles. The van der Waals surface area contributed by atoms with Crippen molar-refractivity contribution in [3.8, 4) is 0 Å². The van der Waals surface area contributed by atoms with Crippen molar-refractivity contribution in [3.05, 3.63) is 24.3 Å². The second-order valence-corrected chi connectivity index (χ2v) is 17.4. The molecule has 2 unspecified atom stereocenters. The lowest BCUT2D eigenvalue weighted by Crippen LogP contribution is -2.28. The third-order valence-electron chi connectivity index (χ3n) is 10.3. The molecule has 0 aromatic rings. The van der Waals surface area contributed by atoms with Gasteiger partial charge in [0.1, 0.15) is 6.10 Å². The summed E-state index contributed by atoms with van der Waals surface area (Å²) in [5.41, 5.74) is 5.38. The van der Waals surface area contributed by atoms with Crippen LogP contribution < -0.4 is 5.73 Å². The Balaban J connectivity index is 3.93. The maximum absolute atomic E-state index is 12.6. The lowest BCUT2D eigenvalue weighted by molar-refractivity contribution is -0.154. The Morgan fingerprint density at radius 3 is 1.32 bits per heavy atom. The third-order valence-corrected chi connectivity index (χ3v) is 11.3. The van der Waals surface area contributed by atoms with E-state index in [1.54, 1.807) is 0 Å². The largest absolute Gasteiger partial charge is 0.472 e. The Labute approximate surface area is 346 Å². The molecular weight excluding hydrogens is 721 g/mol. The smallest absolute Gasteiger partial charge is 0.457 e. The van der Waals surface area contributed by atoms with Gasteiger partial charge < -0.3 is 20.1 Å². The first kappa shape index (κ1) is 55.0. The van der Waals surface area contributed by atoms with Crippen molar-refractivity contribution in [2.24, 2.45) is 5.73 Å². The highest BCUT2D eigenvalue weighted by Gasteiger charge is 2.25. The van der Waals surface area contributed by atoms with Gasteiger partial charge in [0.05, 0.1) is 19.8 Å². The molecule has 0 radical (unpaired) electrons. The van der Waals surface area contributed by atoms with Crippen molar-refractivity contribution < 1.29 is 32.8 Å². The van der Waals surface area contributed by atoms with Gasteiger partial charge in [-0.15, -0.1) is 0 Å². The number of hydrogen-bond donors (Lipinski definition) is 2. The van der Waals surface area contributed by atoms with Gasteiger partial charge >= 0.3 is 13.8 Å². The fourth-order valence-corrected chi connectivity index (χ4v) is 7.58. The van der Waals surface area contributed by atoms with Gasteiger partial charge in [0.25, 0.3) is 0 Å². The zero-order chi connectivity index (χ0) is 40.9. The molecule has 8 nitrogen and oxygen atoms in total. The van der Waals surface area contributed by atoms with E-state index in [0.717, 1.165) is 32.1 Å². The summed E-state index contributed by atoms with van der Waals surface area (Å²) in [6.45, 7) is 4.93. The molecule has 0 saturated heterocycles. The molecule has 0 spiro atoms. The maximum Gasteiger partial charge on any atom is 0.472 e. The van der Waals surface area contributed by atoms with Crippen LogP contribution in [0.2, 0.25) is 0 Å². The predicted molar refractivity (Wildman–Crippen MR) is 238 cm³/mol. The van der Waals surface area contributed by atoms with Crippen LogP contribution in [-0.4, -0.2) is 49.9 Å². The summed E-state index contributed by atoms with van der Waals surface area (Å²) in [6.07, 6.45) is 50.6. The minimum absolute atomic E-state index is 0.0951. The Morgan fingerprint density at radius 1 is 0.518 bits per heavy atom. The molecule has 0 aliphatic heterocycles. The SMILES string of the molecule is CCCCCC/C=C\CCCCCCCCOCC(COP(=O)(O)OCCN)OC(=O)CCCCCCCCCCCCC/C=C\CCCCCCCCCC. The van der Waals surface area contributed by atoms with E-state index in [4.69, 9.17) is 24.3 Å². The molecule has 2 atom stereocenters. The van der Waals surface area contributed by atoms with Crippen molar-refractivity contribution in [1.29, 1.82) is 0 Å². The van der Waals surface area contributed by atoms with Crippen molar-refractivity contribution in [2.45, 2.75) is 238 Å². The van der Waals surface area contributed by atoms with Crippen LogP contribution in [-0.2, 0) is 27.9 Å². The number of rotatable bonds is 46. The lowest BCUT2D eigenvalue weighted by Gasteiger charge is -2.20. The summed E-state index contributed by atoms with van der Waals surface area (Å²) in [4.78, 5) is 22.5. The molecule has 9 heteroatoms. The van der Waals surface area contributed by atoms with E-state index < -0.39 is 13.9 Å². The zero-order valence-electron chi connectivity index (χ0n) is 36.9. The van der Waals surface area contributed by atoms with E-state index in [9.17, 15) is 14.3 Å². The molecule has 0 saturated carbocycles. The molecule has 3 N–H and O–H groups in total. The van der Waals surface area contributed by atoms with Crippen molar-refractivity contribution in [1.82, 2.24) is 0 Å². The van der Waals surface area contributed by atoms with Crippen LogP contribution in [0.15, 0.2) is 24.3 Å². The first-order valence-electron chi connectivity index (χ1n) is 23.8. The lowest BCUT2D eigenvalue weighted by atomic mass is 10.0. The number of phosphoric ester groups is 1. The second kappa shape index (κ2) is 45.1. The van der Waals surface area contributed by atoms with Crippen molar-refractivity contribution in [3.63, 3.8) is 0 Å². The minimum atomic E-state index is -4.28. The van der Waals surface area contributed by atoms with Crippen molar-refractivity contribution in [2.75, 3.05) is 33.0 Å². The summed E-state index contributed by atoms with van der Waals surface area (Å²) >= 11 is 0. The number of esters is 1. The van der Waals surface area contributed by atoms with Gasteiger partial charge in [0.15, 0.2) is 0 Å². The number of allylic oxidation sites excluding steroid dienone is 4. The van der Waals surface area contributed by atoms with Crippen LogP contribution in [0.25, 0.3) is 0 Å². The number of carbonyl (C=O) groups excluding carboxylic acids is 1. The van der Waals surface area contributed by atoms with E-state index in [1.807, 2.05) is 0 Å². The number of carbonyl (C=O) groups is 1. The van der Waals surface area contributed by atoms with Crippen LogP contribution in [0, 0.1) is 0 Å². The monoisotopic (exact) mass is 814 g/mol. The highest BCUT2D eigenvalue weighted by Crippen LogP contribution is 2.43. The number of unbranched alkanes of at least 4 members (excludes halogenated alkanes) is 29. The Kier molecular flexibility index (Phi) is 44.3. The number of hydrogen-bond acceptors (Lipinski definition) is 7. The minimum Gasteiger partial charge on any atom is -0.457 e. The van der Waals surface area contributed by atoms with E-state index in [0.29, 0.717) is 13.0 Å². The highest BCUT2D eigenvalue weighted by atomic mass is 31.2. The van der Waals surface area contributed by atoms with Crippen LogP contribution in [0.3, 0.4) is 0 Å². The fraction of sp³-hybridized carbons (Fsp3) is 0.894. The third kappa shape index (κ3) is 44.1. The number of phosphoric acid groups is 1. The standard InChI is InChI=1S/C47H92NO7P/c1-3-5-7-9-11-13-15-17-19-20-21-22-23-24-25-26-27-28-30-32-34-36-38-40-47(49)55-46(45-54-56(50,51)53-43-41-48)44-52-42-39-37-35-33-31-29-18-16-14-12-10-8-6-4-2/h14,16,20-21,46H,3-13,15,17-19,22-45,48H2,1-2H3,(H,50,51)/b16-14-,21-20-. The van der Waals surface area contributed by atoms with Gasteiger partial charge in [-0.25, -0.2) is 4.57 Å². The quantitative estimate of drug-likeness (QED) is 0.0270. The van der Waals surface area contributed by atoms with E-state index >= 15 is 0 Å².